The molecule has 0 saturated heterocycles. The highest BCUT2D eigenvalue weighted by molar-refractivity contribution is 9.11. The molecule has 4 rings (SSSR count). The molecule has 9 heteroatoms. The molecule has 4 aromatic rings. The summed E-state index contributed by atoms with van der Waals surface area (Å²) in [6.07, 6.45) is 1.62. The number of thiazole rings is 1. The standard InChI is InChI=1S/C21H14BrClN4OS2/c22-19-10-9-17(30-19)11-24-27-20(28)14-3-1-13(2-4-14)18-12-29-21(26-18)25-16-7-5-15(23)6-8-16/h1-12H,(H,25,26)(H,27,28)/b24-11-. The fourth-order valence-corrected chi connectivity index (χ4v) is 4.69. The van der Waals surface area contributed by atoms with Crippen LogP contribution in [0.3, 0.4) is 0 Å². The second kappa shape index (κ2) is 9.53. The van der Waals surface area contributed by atoms with E-state index < -0.39 is 0 Å². The van der Waals surface area contributed by atoms with E-state index >= 15 is 0 Å². The highest BCUT2D eigenvalue weighted by Crippen LogP contribution is 2.28. The van der Waals surface area contributed by atoms with Crippen molar-refractivity contribution >= 4 is 73.1 Å². The molecule has 2 heterocycles. The number of rotatable bonds is 6. The van der Waals surface area contributed by atoms with Gasteiger partial charge < -0.3 is 5.32 Å². The number of benzene rings is 2. The van der Waals surface area contributed by atoms with Gasteiger partial charge in [-0.05, 0) is 64.5 Å². The maximum absolute atomic E-state index is 12.3. The van der Waals surface area contributed by atoms with Gasteiger partial charge in [-0.25, -0.2) is 10.4 Å². The minimum Gasteiger partial charge on any atom is -0.332 e. The number of anilines is 2. The van der Waals surface area contributed by atoms with Gasteiger partial charge in [-0.1, -0.05) is 23.7 Å². The van der Waals surface area contributed by atoms with E-state index in [-0.39, 0.29) is 5.91 Å². The van der Waals surface area contributed by atoms with E-state index in [1.807, 2.05) is 53.9 Å². The summed E-state index contributed by atoms with van der Waals surface area (Å²) in [4.78, 5) is 17.8. The maximum Gasteiger partial charge on any atom is 0.271 e. The minimum absolute atomic E-state index is 0.267. The Morgan fingerprint density at radius 2 is 1.83 bits per heavy atom. The van der Waals surface area contributed by atoms with E-state index in [9.17, 15) is 4.79 Å². The fraction of sp³-hybridized carbons (Fsp3) is 0. The zero-order valence-electron chi connectivity index (χ0n) is 15.3. The van der Waals surface area contributed by atoms with Gasteiger partial charge in [-0.3, -0.25) is 4.79 Å². The normalized spacial score (nSPS) is 11.0. The third kappa shape index (κ3) is 5.34. The van der Waals surface area contributed by atoms with Crippen molar-refractivity contribution < 1.29 is 4.79 Å². The number of carbonyl (C=O) groups is 1. The number of hydrogen-bond donors (Lipinski definition) is 2. The lowest BCUT2D eigenvalue weighted by Crippen LogP contribution is -2.17. The van der Waals surface area contributed by atoms with Crippen LogP contribution in [0.2, 0.25) is 5.02 Å². The molecule has 2 aromatic carbocycles. The van der Waals surface area contributed by atoms with Crippen molar-refractivity contribution in [2.24, 2.45) is 5.10 Å². The van der Waals surface area contributed by atoms with E-state index in [4.69, 9.17) is 11.6 Å². The molecule has 0 spiro atoms. The first-order chi connectivity index (χ1) is 14.6. The number of thiophene rings is 1. The summed E-state index contributed by atoms with van der Waals surface area (Å²) in [5.74, 6) is -0.267. The Labute approximate surface area is 194 Å². The summed E-state index contributed by atoms with van der Waals surface area (Å²) in [5, 5.41) is 10.7. The number of hydrogen-bond acceptors (Lipinski definition) is 6. The van der Waals surface area contributed by atoms with Crippen LogP contribution in [0, 0.1) is 0 Å². The number of hydrazone groups is 1. The number of amides is 1. The predicted molar refractivity (Wildman–Crippen MR) is 129 cm³/mol. The molecule has 0 atom stereocenters. The monoisotopic (exact) mass is 516 g/mol. The second-order valence-corrected chi connectivity index (χ2v) is 9.88. The molecule has 2 N–H and O–H groups in total. The quantitative estimate of drug-likeness (QED) is 0.218. The molecule has 0 radical (unpaired) electrons. The Morgan fingerprint density at radius 3 is 2.53 bits per heavy atom. The molecule has 0 aliphatic rings. The number of aromatic nitrogens is 1. The van der Waals surface area contributed by atoms with Gasteiger partial charge in [0.2, 0.25) is 0 Å². The lowest BCUT2D eigenvalue weighted by atomic mass is 10.1. The van der Waals surface area contributed by atoms with Crippen molar-refractivity contribution in [1.82, 2.24) is 10.4 Å². The van der Waals surface area contributed by atoms with Gasteiger partial charge in [0.15, 0.2) is 5.13 Å². The summed E-state index contributed by atoms with van der Waals surface area (Å²) < 4.78 is 1.01. The summed E-state index contributed by atoms with van der Waals surface area (Å²) in [6, 6.07) is 18.6. The Morgan fingerprint density at radius 1 is 1.07 bits per heavy atom. The average molecular weight is 518 g/mol. The summed E-state index contributed by atoms with van der Waals surface area (Å²) >= 11 is 12.4. The van der Waals surface area contributed by atoms with Crippen molar-refractivity contribution in [3.63, 3.8) is 0 Å². The lowest BCUT2D eigenvalue weighted by molar-refractivity contribution is 0.0955. The first-order valence-electron chi connectivity index (χ1n) is 8.74. The van der Waals surface area contributed by atoms with Crippen molar-refractivity contribution in [3.8, 4) is 11.3 Å². The molecule has 0 saturated carbocycles. The van der Waals surface area contributed by atoms with Crippen LogP contribution in [0.1, 0.15) is 15.2 Å². The smallest absolute Gasteiger partial charge is 0.271 e. The molecule has 1 amide bonds. The van der Waals surface area contributed by atoms with Crippen LogP contribution in [-0.4, -0.2) is 17.1 Å². The average Bonchev–Trinajstić information content (AvgIpc) is 3.39. The van der Waals surface area contributed by atoms with Crippen molar-refractivity contribution in [3.05, 3.63) is 85.3 Å². The van der Waals surface area contributed by atoms with Gasteiger partial charge in [0.05, 0.1) is 15.7 Å². The summed E-state index contributed by atoms with van der Waals surface area (Å²) in [5.41, 5.74) is 5.75. The Bertz CT molecular complexity index is 1190. The van der Waals surface area contributed by atoms with E-state index in [1.54, 1.807) is 18.3 Å². The molecule has 5 nitrogen and oxygen atoms in total. The van der Waals surface area contributed by atoms with E-state index in [0.717, 1.165) is 30.7 Å². The molecule has 30 heavy (non-hydrogen) atoms. The van der Waals surface area contributed by atoms with Crippen LogP contribution in [0.4, 0.5) is 10.8 Å². The summed E-state index contributed by atoms with van der Waals surface area (Å²) in [7, 11) is 0. The van der Waals surface area contributed by atoms with Gasteiger partial charge in [-0.2, -0.15) is 5.10 Å². The van der Waals surface area contributed by atoms with Crippen LogP contribution in [-0.2, 0) is 0 Å². The van der Waals surface area contributed by atoms with Gasteiger partial charge in [0.1, 0.15) is 0 Å². The summed E-state index contributed by atoms with van der Waals surface area (Å²) in [6.45, 7) is 0. The molecule has 2 aromatic heterocycles. The minimum atomic E-state index is -0.267. The van der Waals surface area contributed by atoms with Crippen LogP contribution < -0.4 is 10.7 Å². The third-order valence-corrected chi connectivity index (χ3v) is 6.56. The molecular weight excluding hydrogens is 504 g/mol. The Hall–Kier alpha value is -2.52. The van der Waals surface area contributed by atoms with Crippen LogP contribution in [0.5, 0.6) is 0 Å². The van der Waals surface area contributed by atoms with Crippen LogP contribution in [0.25, 0.3) is 11.3 Å². The first kappa shape index (κ1) is 20.7. The van der Waals surface area contributed by atoms with Crippen LogP contribution >= 0.6 is 50.2 Å². The predicted octanol–water partition coefficient (Wildman–Crippen LogP) is 6.80. The first-order valence-corrected chi connectivity index (χ1v) is 11.6. The molecule has 0 bridgehead atoms. The lowest BCUT2D eigenvalue weighted by Gasteiger charge is -2.03. The fourth-order valence-electron chi connectivity index (χ4n) is 2.53. The third-order valence-electron chi connectivity index (χ3n) is 3.99. The molecule has 0 aliphatic carbocycles. The zero-order chi connectivity index (χ0) is 20.9. The topological polar surface area (TPSA) is 66.4 Å². The second-order valence-electron chi connectivity index (χ2n) is 6.09. The molecule has 0 fully saturated rings. The molecular formula is C21H14BrClN4OS2. The molecule has 0 unspecified atom stereocenters. The van der Waals surface area contributed by atoms with E-state index in [0.29, 0.717) is 10.6 Å². The highest BCUT2D eigenvalue weighted by Gasteiger charge is 2.08. The SMILES string of the molecule is O=C(N/N=C\c1ccc(Br)s1)c1ccc(-c2csc(Nc3ccc(Cl)cc3)n2)cc1. The number of nitrogens with zero attached hydrogens (tertiary/aromatic N) is 2. The number of carbonyl (C=O) groups excluding carboxylic acids is 1. The van der Waals surface area contributed by atoms with E-state index in [2.05, 4.69) is 36.8 Å². The van der Waals surface area contributed by atoms with Crippen molar-refractivity contribution in [2.75, 3.05) is 5.32 Å². The zero-order valence-corrected chi connectivity index (χ0v) is 19.3. The maximum atomic E-state index is 12.3. The highest BCUT2D eigenvalue weighted by atomic mass is 79.9. The van der Waals surface area contributed by atoms with Gasteiger partial charge in [0.25, 0.3) is 5.91 Å². The Kier molecular flexibility index (Phi) is 6.59. The largest absolute Gasteiger partial charge is 0.332 e. The van der Waals surface area contributed by atoms with E-state index in [1.165, 1.54) is 22.7 Å². The molecule has 0 aliphatic heterocycles. The Balaban J connectivity index is 1.38. The molecule has 150 valence electrons. The van der Waals surface area contributed by atoms with Gasteiger partial charge in [-0.15, -0.1) is 22.7 Å². The number of halogens is 2. The van der Waals surface area contributed by atoms with Crippen molar-refractivity contribution in [2.45, 2.75) is 0 Å². The van der Waals surface area contributed by atoms with Gasteiger partial charge in [0, 0.05) is 32.1 Å². The van der Waals surface area contributed by atoms with Crippen LogP contribution in [0.15, 0.2) is 74.9 Å². The van der Waals surface area contributed by atoms with Gasteiger partial charge >= 0.3 is 0 Å². The number of nitrogens with one attached hydrogen (secondary N) is 2. The van der Waals surface area contributed by atoms with Crippen molar-refractivity contribution in [1.29, 1.82) is 0 Å².